The van der Waals surface area contributed by atoms with Gasteiger partial charge in [0.25, 0.3) is 0 Å². The second-order valence-electron chi connectivity index (χ2n) is 8.21. The number of esters is 3. The summed E-state index contributed by atoms with van der Waals surface area (Å²) in [6.07, 6.45) is 1.09. The first-order chi connectivity index (χ1) is 17.5. The van der Waals surface area contributed by atoms with Crippen LogP contribution in [0.2, 0.25) is 0 Å². The van der Waals surface area contributed by atoms with Crippen molar-refractivity contribution in [2.24, 2.45) is 0 Å². The number of rotatable bonds is 9. The predicted octanol–water partition coefficient (Wildman–Crippen LogP) is 4.28. The van der Waals surface area contributed by atoms with Gasteiger partial charge in [-0.25, -0.2) is 0 Å². The van der Waals surface area contributed by atoms with Gasteiger partial charge in [0.15, 0.2) is 0 Å². The number of fused-ring (bicyclic) bond motifs is 3. The topological polar surface area (TPSA) is 93.1 Å². The Morgan fingerprint density at radius 2 is 1.44 bits per heavy atom. The third-order valence-electron chi connectivity index (χ3n) is 5.93. The van der Waals surface area contributed by atoms with Gasteiger partial charge in [0.1, 0.15) is 12.2 Å². The monoisotopic (exact) mass is 491 g/mol. The average molecular weight is 492 g/mol. The smallest absolute Gasteiger partial charge is 0.332 e. The Bertz CT molecular complexity index is 1290. The molecule has 0 spiro atoms. The van der Waals surface area contributed by atoms with Gasteiger partial charge < -0.3 is 23.5 Å². The minimum absolute atomic E-state index is 0.0554. The van der Waals surface area contributed by atoms with Crippen LogP contribution < -0.4 is 4.74 Å². The molecule has 3 aromatic rings. The lowest BCUT2D eigenvalue weighted by Crippen LogP contribution is -2.47. The lowest BCUT2D eigenvalue weighted by atomic mass is 9.77. The summed E-state index contributed by atoms with van der Waals surface area (Å²) in [5.41, 5.74) is 0.126. The number of aromatic nitrogens is 1. The molecule has 1 aliphatic rings. The molecule has 0 fully saturated rings. The Morgan fingerprint density at radius 1 is 0.833 bits per heavy atom. The van der Waals surface area contributed by atoms with Crippen molar-refractivity contribution in [1.82, 2.24) is 4.57 Å². The van der Waals surface area contributed by atoms with Crippen molar-refractivity contribution in [3.63, 3.8) is 0 Å². The molecule has 8 nitrogen and oxygen atoms in total. The van der Waals surface area contributed by atoms with Gasteiger partial charge in [-0.1, -0.05) is 48.5 Å². The van der Waals surface area contributed by atoms with Crippen LogP contribution in [-0.2, 0) is 40.6 Å². The van der Waals surface area contributed by atoms with E-state index in [1.165, 1.54) is 6.08 Å². The molecule has 0 N–H and O–H groups in total. The maximum absolute atomic E-state index is 13.6. The highest BCUT2D eigenvalue weighted by atomic mass is 16.6. The molecule has 0 atom stereocenters. The van der Waals surface area contributed by atoms with Gasteiger partial charge in [-0.15, -0.1) is 0 Å². The van der Waals surface area contributed by atoms with Crippen LogP contribution >= 0.6 is 0 Å². The molecule has 1 aliphatic heterocycles. The van der Waals surface area contributed by atoms with E-state index in [4.69, 9.17) is 18.9 Å². The van der Waals surface area contributed by atoms with Crippen molar-refractivity contribution in [2.75, 3.05) is 19.8 Å². The van der Waals surface area contributed by atoms with Crippen LogP contribution in [-0.4, -0.2) is 42.3 Å². The third kappa shape index (κ3) is 4.46. The Morgan fingerprint density at radius 3 is 2.08 bits per heavy atom. The summed E-state index contributed by atoms with van der Waals surface area (Å²) < 4.78 is 24.1. The minimum atomic E-state index is -1.96. The quantitative estimate of drug-likeness (QED) is 0.251. The molecule has 0 saturated carbocycles. The Labute approximate surface area is 209 Å². The van der Waals surface area contributed by atoms with Gasteiger partial charge in [0, 0.05) is 5.39 Å². The normalized spacial score (nSPS) is 13.8. The average Bonchev–Trinajstić information content (AvgIpc) is 3.18. The molecule has 8 heteroatoms. The molecule has 0 aliphatic carbocycles. The van der Waals surface area contributed by atoms with Gasteiger partial charge in [0.2, 0.25) is 11.3 Å². The van der Waals surface area contributed by atoms with E-state index in [0.717, 1.165) is 11.1 Å². The largest absolute Gasteiger partial charge is 0.466 e. The maximum Gasteiger partial charge on any atom is 0.332 e. The molecule has 188 valence electrons. The summed E-state index contributed by atoms with van der Waals surface area (Å²) in [4.78, 5) is 39.6. The Kier molecular flexibility index (Phi) is 7.43. The summed E-state index contributed by atoms with van der Waals surface area (Å²) in [6.45, 7) is 5.74. The molecule has 1 aromatic heterocycles. The van der Waals surface area contributed by atoms with Gasteiger partial charge in [-0.2, -0.15) is 0 Å². The van der Waals surface area contributed by atoms with Crippen molar-refractivity contribution in [1.29, 1.82) is 0 Å². The van der Waals surface area contributed by atoms with Crippen molar-refractivity contribution in [3.05, 3.63) is 77.6 Å². The fraction of sp³-hybridized carbons (Fsp3) is 0.321. The molecule has 0 unspecified atom stereocenters. The van der Waals surface area contributed by atoms with Crippen molar-refractivity contribution in [2.45, 2.75) is 39.2 Å². The van der Waals surface area contributed by atoms with E-state index in [1.807, 2.05) is 59.2 Å². The number of carbonyl (C=O) groups is 3. The molecule has 4 rings (SSSR count). The number of nitrogens with zero attached hydrogens (tertiary/aromatic N) is 1. The van der Waals surface area contributed by atoms with Crippen LogP contribution in [0, 0.1) is 0 Å². The first kappa shape index (κ1) is 25.0. The number of ether oxygens (including phenoxy) is 4. The van der Waals surface area contributed by atoms with Gasteiger partial charge >= 0.3 is 17.9 Å². The molecule has 0 radical (unpaired) electrons. The molecule has 2 aromatic carbocycles. The number of carbonyl (C=O) groups excluding carboxylic acids is 3. The highest BCUT2D eigenvalue weighted by Crippen LogP contribution is 2.48. The molecule has 2 heterocycles. The number of benzene rings is 2. The standard InChI is InChI=1S/C28H29NO7/c1-4-33-23(30)16-20-17-28(26(31)34-5-2,27(32)35-6-3)24-21-14-10-11-15-22(21)29(25(24)36-20)18-19-12-8-7-9-13-19/h7-15,17H,4-6,16,18H2,1-3H3. The van der Waals surface area contributed by atoms with Gasteiger partial charge in [0.05, 0.1) is 37.4 Å². The first-order valence-corrected chi connectivity index (χ1v) is 12.0. The number of hydrogen-bond donors (Lipinski definition) is 0. The summed E-state index contributed by atoms with van der Waals surface area (Å²) in [7, 11) is 0. The Hall–Kier alpha value is -4.07. The third-order valence-corrected chi connectivity index (χ3v) is 5.93. The van der Waals surface area contributed by atoms with E-state index in [9.17, 15) is 14.4 Å². The molecular weight excluding hydrogens is 462 g/mol. The maximum atomic E-state index is 13.6. The predicted molar refractivity (Wildman–Crippen MR) is 132 cm³/mol. The van der Waals surface area contributed by atoms with Crippen LogP contribution in [0.1, 0.15) is 38.3 Å². The number of hydrogen-bond acceptors (Lipinski definition) is 7. The second kappa shape index (κ2) is 10.7. The lowest BCUT2D eigenvalue weighted by molar-refractivity contribution is -0.162. The SMILES string of the molecule is CCOC(=O)CC1=CC(C(=O)OCC)(C(=O)OCC)c2c(n(Cc3ccccc3)c3ccccc23)O1. The van der Waals surface area contributed by atoms with Crippen LogP contribution in [0.15, 0.2) is 66.4 Å². The molecule has 0 bridgehead atoms. The lowest BCUT2D eigenvalue weighted by Gasteiger charge is -2.31. The molecular formula is C28H29NO7. The Balaban J connectivity index is 2.01. The highest BCUT2D eigenvalue weighted by Gasteiger charge is 2.55. The van der Waals surface area contributed by atoms with Crippen molar-refractivity contribution in [3.8, 4) is 5.88 Å². The summed E-state index contributed by atoms with van der Waals surface area (Å²) in [5.74, 6) is -1.74. The first-order valence-electron chi connectivity index (χ1n) is 12.0. The minimum Gasteiger partial charge on any atom is -0.466 e. The van der Waals surface area contributed by atoms with E-state index in [-0.39, 0.29) is 37.9 Å². The summed E-state index contributed by atoms with van der Waals surface area (Å²) in [6, 6.07) is 17.2. The fourth-order valence-corrected chi connectivity index (χ4v) is 4.49. The zero-order chi connectivity index (χ0) is 25.7. The van der Waals surface area contributed by atoms with Crippen LogP contribution in [0.3, 0.4) is 0 Å². The van der Waals surface area contributed by atoms with E-state index in [1.54, 1.807) is 20.8 Å². The van der Waals surface area contributed by atoms with Gasteiger partial charge in [-0.3, -0.25) is 14.4 Å². The second-order valence-corrected chi connectivity index (χ2v) is 8.21. The van der Waals surface area contributed by atoms with Crippen LogP contribution in [0.25, 0.3) is 10.9 Å². The van der Waals surface area contributed by atoms with Crippen molar-refractivity contribution >= 4 is 28.8 Å². The zero-order valence-electron chi connectivity index (χ0n) is 20.6. The van der Waals surface area contributed by atoms with Crippen molar-refractivity contribution < 1.29 is 33.3 Å². The zero-order valence-corrected chi connectivity index (χ0v) is 20.6. The fourth-order valence-electron chi connectivity index (χ4n) is 4.49. The summed E-state index contributed by atoms with van der Waals surface area (Å²) >= 11 is 0. The molecule has 36 heavy (non-hydrogen) atoms. The van der Waals surface area contributed by atoms with E-state index >= 15 is 0 Å². The van der Waals surface area contributed by atoms with E-state index in [2.05, 4.69) is 0 Å². The molecule has 0 amide bonds. The number of para-hydroxylation sites is 1. The highest BCUT2D eigenvalue weighted by molar-refractivity contribution is 6.13. The molecule has 0 saturated heterocycles. The summed E-state index contributed by atoms with van der Waals surface area (Å²) in [5, 5.41) is 0.649. The van der Waals surface area contributed by atoms with E-state index in [0.29, 0.717) is 17.5 Å². The van der Waals surface area contributed by atoms with Crippen LogP contribution in [0.5, 0.6) is 5.88 Å². The van der Waals surface area contributed by atoms with Crippen LogP contribution in [0.4, 0.5) is 0 Å². The van der Waals surface area contributed by atoms with E-state index < -0.39 is 23.3 Å². The van der Waals surface area contributed by atoms with Gasteiger partial charge in [-0.05, 0) is 38.5 Å².